The van der Waals surface area contributed by atoms with Crippen LogP contribution in [0.5, 0.6) is 0 Å². The Morgan fingerprint density at radius 3 is 2.92 bits per heavy atom. The van der Waals surface area contributed by atoms with Crippen molar-refractivity contribution in [3.63, 3.8) is 0 Å². The predicted octanol–water partition coefficient (Wildman–Crippen LogP) is 1.00. The van der Waals surface area contributed by atoms with Crippen molar-refractivity contribution < 1.29 is 9.53 Å². The van der Waals surface area contributed by atoms with Gasteiger partial charge in [-0.3, -0.25) is 4.79 Å². The molecule has 1 N–H and O–H groups in total. The second kappa shape index (κ2) is 3.92. The molecule has 3 heteroatoms. The second-order valence-corrected chi connectivity index (χ2v) is 3.66. The molecule has 13 heavy (non-hydrogen) atoms. The zero-order valence-electron chi connectivity index (χ0n) is 7.71. The Morgan fingerprint density at radius 1 is 1.54 bits per heavy atom. The number of carbonyl (C=O) groups excluding carboxylic acids is 1. The van der Waals surface area contributed by atoms with Gasteiger partial charge in [0.2, 0.25) is 5.91 Å². The SMILES string of the molecule is O=C(NC1CCC1)C1=CCOCC1. The van der Waals surface area contributed by atoms with Gasteiger partial charge < -0.3 is 10.1 Å². The fourth-order valence-electron chi connectivity index (χ4n) is 1.56. The Hall–Kier alpha value is -0.830. The maximum Gasteiger partial charge on any atom is 0.247 e. The molecule has 0 saturated heterocycles. The Balaban J connectivity index is 1.84. The van der Waals surface area contributed by atoms with Crippen LogP contribution in [0, 0.1) is 0 Å². The summed E-state index contributed by atoms with van der Waals surface area (Å²) < 4.78 is 5.14. The lowest BCUT2D eigenvalue weighted by Crippen LogP contribution is -2.40. The first-order valence-corrected chi connectivity index (χ1v) is 4.94. The number of nitrogens with one attached hydrogen (secondary N) is 1. The molecule has 1 aliphatic carbocycles. The molecule has 72 valence electrons. The van der Waals surface area contributed by atoms with E-state index in [1.807, 2.05) is 6.08 Å². The van der Waals surface area contributed by atoms with Crippen molar-refractivity contribution >= 4 is 5.91 Å². The van der Waals surface area contributed by atoms with Gasteiger partial charge in [-0.2, -0.15) is 0 Å². The molecule has 1 fully saturated rings. The number of ether oxygens (including phenoxy) is 1. The average molecular weight is 181 g/mol. The monoisotopic (exact) mass is 181 g/mol. The van der Waals surface area contributed by atoms with Gasteiger partial charge in [-0.15, -0.1) is 0 Å². The van der Waals surface area contributed by atoms with E-state index in [0.717, 1.165) is 24.8 Å². The van der Waals surface area contributed by atoms with Crippen LogP contribution in [0.15, 0.2) is 11.6 Å². The maximum absolute atomic E-state index is 11.6. The molecule has 0 aromatic heterocycles. The molecule has 2 aliphatic rings. The Kier molecular flexibility index (Phi) is 2.64. The second-order valence-electron chi connectivity index (χ2n) is 3.66. The molecule has 2 rings (SSSR count). The van der Waals surface area contributed by atoms with E-state index in [0.29, 0.717) is 19.3 Å². The number of hydrogen-bond acceptors (Lipinski definition) is 2. The summed E-state index contributed by atoms with van der Waals surface area (Å²) >= 11 is 0. The highest BCUT2D eigenvalue weighted by Gasteiger charge is 2.21. The summed E-state index contributed by atoms with van der Waals surface area (Å²) in [7, 11) is 0. The largest absolute Gasteiger partial charge is 0.377 e. The molecular formula is C10H15NO2. The zero-order valence-corrected chi connectivity index (χ0v) is 7.71. The van der Waals surface area contributed by atoms with Crippen LogP contribution in [0.25, 0.3) is 0 Å². The standard InChI is InChI=1S/C10H15NO2/c12-10(11-9-2-1-3-9)8-4-6-13-7-5-8/h4,9H,1-3,5-7H2,(H,11,12). The van der Waals surface area contributed by atoms with Gasteiger partial charge in [0.15, 0.2) is 0 Å². The van der Waals surface area contributed by atoms with Crippen LogP contribution in [-0.2, 0) is 9.53 Å². The van der Waals surface area contributed by atoms with Crippen molar-refractivity contribution in [3.05, 3.63) is 11.6 Å². The van der Waals surface area contributed by atoms with E-state index in [-0.39, 0.29) is 5.91 Å². The average Bonchev–Trinajstić information content (AvgIpc) is 2.12. The van der Waals surface area contributed by atoms with Gasteiger partial charge in [0.05, 0.1) is 13.2 Å². The number of carbonyl (C=O) groups is 1. The summed E-state index contributed by atoms with van der Waals surface area (Å²) in [6.07, 6.45) is 6.20. The van der Waals surface area contributed by atoms with Gasteiger partial charge >= 0.3 is 0 Å². The molecule has 1 heterocycles. The van der Waals surface area contributed by atoms with E-state index in [1.165, 1.54) is 6.42 Å². The van der Waals surface area contributed by atoms with Crippen molar-refractivity contribution in [1.29, 1.82) is 0 Å². The number of hydrogen-bond donors (Lipinski definition) is 1. The lowest BCUT2D eigenvalue weighted by Gasteiger charge is -2.27. The van der Waals surface area contributed by atoms with Crippen molar-refractivity contribution in [2.24, 2.45) is 0 Å². The van der Waals surface area contributed by atoms with E-state index >= 15 is 0 Å². The fraction of sp³-hybridized carbons (Fsp3) is 0.700. The summed E-state index contributed by atoms with van der Waals surface area (Å²) in [6, 6.07) is 0.441. The van der Waals surface area contributed by atoms with Crippen molar-refractivity contribution in [3.8, 4) is 0 Å². The molecule has 0 aromatic rings. The van der Waals surface area contributed by atoms with E-state index < -0.39 is 0 Å². The normalized spacial score (nSPS) is 23.2. The molecule has 3 nitrogen and oxygen atoms in total. The van der Waals surface area contributed by atoms with Crippen LogP contribution in [0.4, 0.5) is 0 Å². The summed E-state index contributed by atoms with van der Waals surface area (Å²) in [5.41, 5.74) is 0.901. The van der Waals surface area contributed by atoms with Crippen LogP contribution in [-0.4, -0.2) is 25.2 Å². The quantitative estimate of drug-likeness (QED) is 0.690. The van der Waals surface area contributed by atoms with E-state index in [4.69, 9.17) is 4.74 Å². The topological polar surface area (TPSA) is 38.3 Å². The predicted molar refractivity (Wildman–Crippen MR) is 49.3 cm³/mol. The maximum atomic E-state index is 11.6. The lowest BCUT2D eigenvalue weighted by atomic mass is 9.93. The molecule has 1 saturated carbocycles. The van der Waals surface area contributed by atoms with Crippen molar-refractivity contribution in [2.45, 2.75) is 31.7 Å². The third kappa shape index (κ3) is 2.10. The van der Waals surface area contributed by atoms with Crippen LogP contribution < -0.4 is 5.32 Å². The molecular weight excluding hydrogens is 166 g/mol. The lowest BCUT2D eigenvalue weighted by molar-refractivity contribution is -0.119. The van der Waals surface area contributed by atoms with Crippen LogP contribution in [0.3, 0.4) is 0 Å². The molecule has 0 spiro atoms. The highest BCUT2D eigenvalue weighted by Crippen LogP contribution is 2.19. The summed E-state index contributed by atoms with van der Waals surface area (Å²) in [5.74, 6) is 0.119. The Morgan fingerprint density at radius 2 is 2.38 bits per heavy atom. The Bertz CT molecular complexity index is 231. The minimum atomic E-state index is 0.119. The molecule has 0 atom stereocenters. The minimum Gasteiger partial charge on any atom is -0.377 e. The van der Waals surface area contributed by atoms with E-state index in [9.17, 15) is 4.79 Å². The van der Waals surface area contributed by atoms with E-state index in [2.05, 4.69) is 5.32 Å². The summed E-state index contributed by atoms with van der Waals surface area (Å²) in [6.45, 7) is 1.28. The van der Waals surface area contributed by atoms with Crippen LogP contribution >= 0.6 is 0 Å². The van der Waals surface area contributed by atoms with Crippen molar-refractivity contribution in [1.82, 2.24) is 5.32 Å². The molecule has 0 bridgehead atoms. The fourth-order valence-corrected chi connectivity index (χ4v) is 1.56. The van der Waals surface area contributed by atoms with Gasteiger partial charge in [0.25, 0.3) is 0 Å². The summed E-state index contributed by atoms with van der Waals surface area (Å²) in [4.78, 5) is 11.6. The number of amides is 1. The first kappa shape index (κ1) is 8.75. The first-order chi connectivity index (χ1) is 6.36. The molecule has 0 aromatic carbocycles. The van der Waals surface area contributed by atoms with Crippen LogP contribution in [0.2, 0.25) is 0 Å². The van der Waals surface area contributed by atoms with E-state index in [1.54, 1.807) is 0 Å². The molecule has 0 unspecified atom stereocenters. The van der Waals surface area contributed by atoms with Crippen LogP contribution in [0.1, 0.15) is 25.7 Å². The molecule has 0 radical (unpaired) electrons. The smallest absolute Gasteiger partial charge is 0.247 e. The molecule has 1 aliphatic heterocycles. The third-order valence-electron chi connectivity index (χ3n) is 2.70. The van der Waals surface area contributed by atoms with Gasteiger partial charge in [0, 0.05) is 18.0 Å². The van der Waals surface area contributed by atoms with Gasteiger partial charge in [-0.1, -0.05) is 6.08 Å². The highest BCUT2D eigenvalue weighted by atomic mass is 16.5. The van der Waals surface area contributed by atoms with Gasteiger partial charge in [0.1, 0.15) is 0 Å². The molecule has 1 amide bonds. The Labute approximate surface area is 78.1 Å². The van der Waals surface area contributed by atoms with Crippen molar-refractivity contribution in [2.75, 3.05) is 13.2 Å². The summed E-state index contributed by atoms with van der Waals surface area (Å²) in [5, 5.41) is 3.02. The highest BCUT2D eigenvalue weighted by molar-refractivity contribution is 5.93. The van der Waals surface area contributed by atoms with Gasteiger partial charge in [-0.05, 0) is 19.3 Å². The first-order valence-electron chi connectivity index (χ1n) is 4.94. The minimum absolute atomic E-state index is 0.119. The number of rotatable bonds is 2. The van der Waals surface area contributed by atoms with Gasteiger partial charge in [-0.25, -0.2) is 0 Å². The zero-order chi connectivity index (χ0) is 9.10. The third-order valence-corrected chi connectivity index (χ3v) is 2.70.